The molecule has 0 bridgehead atoms. The van der Waals surface area contributed by atoms with Crippen LogP contribution in [0.5, 0.6) is 5.88 Å². The Morgan fingerprint density at radius 1 is 1.33 bits per heavy atom. The van der Waals surface area contributed by atoms with Gasteiger partial charge in [0.2, 0.25) is 5.88 Å². The second-order valence-electron chi connectivity index (χ2n) is 6.08. The minimum absolute atomic E-state index is 0.156. The van der Waals surface area contributed by atoms with E-state index in [2.05, 4.69) is 38.0 Å². The van der Waals surface area contributed by atoms with Crippen LogP contribution in [0.25, 0.3) is 0 Å². The molecule has 0 aliphatic carbocycles. The first-order valence-electron chi connectivity index (χ1n) is 7.65. The molecule has 2 rings (SSSR count). The number of nitrogens with one attached hydrogen (secondary N) is 1. The van der Waals surface area contributed by atoms with Gasteiger partial charge in [0.05, 0.1) is 22.9 Å². The summed E-state index contributed by atoms with van der Waals surface area (Å²) >= 11 is 6.19. The van der Waals surface area contributed by atoms with E-state index < -0.39 is 0 Å². The molecule has 1 aromatic heterocycles. The standard InChI is InChI=1S/C16H25ClN2O2/c1-10(2)18-9-15-14(17)5-6-16(19-15)21-13-7-11(3)20-12(4)8-13/h5-6,10-13,18H,7-9H2,1-4H3. The van der Waals surface area contributed by atoms with Crippen molar-refractivity contribution in [2.24, 2.45) is 0 Å². The van der Waals surface area contributed by atoms with Gasteiger partial charge < -0.3 is 14.8 Å². The number of ether oxygens (including phenoxy) is 2. The van der Waals surface area contributed by atoms with Crippen molar-refractivity contribution < 1.29 is 9.47 Å². The number of hydrogen-bond acceptors (Lipinski definition) is 4. The molecule has 0 radical (unpaired) electrons. The minimum Gasteiger partial charge on any atom is -0.474 e. The molecule has 0 saturated carbocycles. The molecule has 4 nitrogen and oxygen atoms in total. The quantitative estimate of drug-likeness (QED) is 0.902. The molecule has 2 heterocycles. The summed E-state index contributed by atoms with van der Waals surface area (Å²) in [5, 5.41) is 4.00. The van der Waals surface area contributed by atoms with Crippen LogP contribution in [0.2, 0.25) is 5.02 Å². The van der Waals surface area contributed by atoms with E-state index in [0.717, 1.165) is 18.5 Å². The molecule has 1 N–H and O–H groups in total. The molecule has 0 aromatic carbocycles. The Bertz CT molecular complexity index is 458. The van der Waals surface area contributed by atoms with Gasteiger partial charge >= 0.3 is 0 Å². The summed E-state index contributed by atoms with van der Waals surface area (Å²) in [6.07, 6.45) is 2.41. The fraction of sp³-hybridized carbons (Fsp3) is 0.688. The molecule has 0 amide bonds. The van der Waals surface area contributed by atoms with Crippen molar-refractivity contribution in [3.63, 3.8) is 0 Å². The number of aromatic nitrogens is 1. The van der Waals surface area contributed by atoms with E-state index >= 15 is 0 Å². The van der Waals surface area contributed by atoms with E-state index in [1.807, 2.05) is 12.1 Å². The van der Waals surface area contributed by atoms with Gasteiger partial charge in [-0.05, 0) is 19.9 Å². The zero-order valence-corrected chi connectivity index (χ0v) is 14.0. The van der Waals surface area contributed by atoms with Gasteiger partial charge in [0, 0.05) is 31.5 Å². The lowest BCUT2D eigenvalue weighted by molar-refractivity contribution is -0.0729. The minimum atomic E-state index is 0.156. The summed E-state index contributed by atoms with van der Waals surface area (Å²) in [6.45, 7) is 9.00. The van der Waals surface area contributed by atoms with Crippen LogP contribution in [-0.4, -0.2) is 29.3 Å². The van der Waals surface area contributed by atoms with E-state index in [-0.39, 0.29) is 18.3 Å². The van der Waals surface area contributed by atoms with Crippen molar-refractivity contribution >= 4 is 11.6 Å². The maximum absolute atomic E-state index is 6.19. The summed E-state index contributed by atoms with van der Waals surface area (Å²) in [5.74, 6) is 0.645. The average molecular weight is 313 g/mol. The zero-order valence-electron chi connectivity index (χ0n) is 13.2. The summed E-state index contributed by atoms with van der Waals surface area (Å²) in [7, 11) is 0. The Hall–Kier alpha value is -0.840. The third-order valence-corrected chi connectivity index (χ3v) is 3.86. The second kappa shape index (κ2) is 7.43. The van der Waals surface area contributed by atoms with Gasteiger partial charge in [-0.3, -0.25) is 0 Å². The topological polar surface area (TPSA) is 43.4 Å². The highest BCUT2D eigenvalue weighted by Gasteiger charge is 2.26. The number of halogens is 1. The van der Waals surface area contributed by atoms with Crippen molar-refractivity contribution in [2.75, 3.05) is 0 Å². The lowest BCUT2D eigenvalue weighted by Gasteiger charge is -2.32. The third kappa shape index (κ3) is 5.13. The van der Waals surface area contributed by atoms with Crippen LogP contribution in [-0.2, 0) is 11.3 Å². The maximum atomic E-state index is 6.19. The van der Waals surface area contributed by atoms with E-state index in [1.165, 1.54) is 0 Å². The largest absolute Gasteiger partial charge is 0.474 e. The molecular formula is C16H25ClN2O2. The fourth-order valence-corrected chi connectivity index (χ4v) is 2.74. The molecule has 21 heavy (non-hydrogen) atoms. The highest BCUT2D eigenvalue weighted by molar-refractivity contribution is 6.31. The van der Waals surface area contributed by atoms with Crippen LogP contribution in [0.4, 0.5) is 0 Å². The maximum Gasteiger partial charge on any atom is 0.213 e. The van der Waals surface area contributed by atoms with E-state index in [1.54, 1.807) is 0 Å². The Morgan fingerprint density at radius 3 is 2.62 bits per heavy atom. The molecule has 1 saturated heterocycles. The van der Waals surface area contributed by atoms with Gasteiger partial charge in [0.25, 0.3) is 0 Å². The lowest BCUT2D eigenvalue weighted by Crippen LogP contribution is -2.35. The van der Waals surface area contributed by atoms with Gasteiger partial charge in [-0.15, -0.1) is 0 Å². The Balaban J connectivity index is 2.01. The van der Waals surface area contributed by atoms with Crippen LogP contribution in [0.1, 0.15) is 46.2 Å². The van der Waals surface area contributed by atoms with Crippen molar-refractivity contribution in [1.29, 1.82) is 0 Å². The first-order chi connectivity index (χ1) is 9.94. The Kier molecular flexibility index (Phi) is 5.85. The fourth-order valence-electron chi connectivity index (χ4n) is 2.57. The summed E-state index contributed by atoms with van der Waals surface area (Å²) < 4.78 is 11.8. The number of rotatable bonds is 5. The Morgan fingerprint density at radius 2 is 2.00 bits per heavy atom. The smallest absolute Gasteiger partial charge is 0.213 e. The summed E-state index contributed by atoms with van der Waals surface area (Å²) in [4.78, 5) is 4.53. The van der Waals surface area contributed by atoms with Gasteiger partial charge in [0.15, 0.2) is 0 Å². The van der Waals surface area contributed by atoms with Crippen LogP contribution in [0.3, 0.4) is 0 Å². The number of hydrogen-bond donors (Lipinski definition) is 1. The van der Waals surface area contributed by atoms with Crippen molar-refractivity contribution in [1.82, 2.24) is 10.3 Å². The molecular weight excluding hydrogens is 288 g/mol. The van der Waals surface area contributed by atoms with Crippen molar-refractivity contribution in [3.05, 3.63) is 22.8 Å². The normalized spacial score (nSPS) is 26.1. The predicted molar refractivity (Wildman–Crippen MR) is 84.9 cm³/mol. The summed E-state index contributed by atoms with van der Waals surface area (Å²) in [6, 6.07) is 4.09. The number of nitrogens with zero attached hydrogens (tertiary/aromatic N) is 1. The molecule has 1 aromatic rings. The highest BCUT2D eigenvalue weighted by Crippen LogP contribution is 2.25. The molecule has 2 atom stereocenters. The van der Waals surface area contributed by atoms with Gasteiger partial charge in [-0.1, -0.05) is 25.4 Å². The monoisotopic (exact) mass is 312 g/mol. The summed E-state index contributed by atoms with van der Waals surface area (Å²) in [5.41, 5.74) is 0.830. The van der Waals surface area contributed by atoms with Crippen molar-refractivity contribution in [2.45, 2.75) is 71.4 Å². The SMILES string of the molecule is CC(C)NCc1nc(OC2CC(C)OC(C)C2)ccc1Cl. The first-order valence-corrected chi connectivity index (χ1v) is 8.02. The van der Waals surface area contributed by atoms with Gasteiger partial charge in [0.1, 0.15) is 6.10 Å². The van der Waals surface area contributed by atoms with Crippen LogP contribution in [0, 0.1) is 0 Å². The van der Waals surface area contributed by atoms with E-state index in [4.69, 9.17) is 21.1 Å². The zero-order chi connectivity index (χ0) is 15.4. The highest BCUT2D eigenvalue weighted by atomic mass is 35.5. The molecule has 5 heteroatoms. The van der Waals surface area contributed by atoms with E-state index in [9.17, 15) is 0 Å². The number of pyridine rings is 1. The first kappa shape index (κ1) is 16.5. The molecule has 1 aliphatic heterocycles. The third-order valence-electron chi connectivity index (χ3n) is 3.51. The van der Waals surface area contributed by atoms with Gasteiger partial charge in [-0.2, -0.15) is 0 Å². The molecule has 1 fully saturated rings. The van der Waals surface area contributed by atoms with E-state index in [0.29, 0.717) is 23.5 Å². The second-order valence-corrected chi connectivity index (χ2v) is 6.49. The molecule has 0 spiro atoms. The van der Waals surface area contributed by atoms with Gasteiger partial charge in [-0.25, -0.2) is 4.98 Å². The molecule has 1 aliphatic rings. The molecule has 118 valence electrons. The van der Waals surface area contributed by atoms with Crippen LogP contribution >= 0.6 is 11.6 Å². The van der Waals surface area contributed by atoms with Crippen LogP contribution < -0.4 is 10.1 Å². The van der Waals surface area contributed by atoms with Crippen molar-refractivity contribution in [3.8, 4) is 5.88 Å². The Labute approximate surface area is 132 Å². The van der Waals surface area contributed by atoms with Crippen LogP contribution in [0.15, 0.2) is 12.1 Å². The molecule has 2 unspecified atom stereocenters. The lowest BCUT2D eigenvalue weighted by atomic mass is 10.0. The predicted octanol–water partition coefficient (Wildman–Crippen LogP) is 3.57. The average Bonchev–Trinajstić information content (AvgIpc) is 2.38.